The molecule has 1 aromatic heterocycles. The van der Waals surface area contributed by atoms with E-state index in [1.165, 1.54) is 123 Å². The van der Waals surface area contributed by atoms with E-state index in [0.29, 0.717) is 11.5 Å². The van der Waals surface area contributed by atoms with Gasteiger partial charge in [-0.2, -0.15) is 0 Å². The van der Waals surface area contributed by atoms with E-state index in [2.05, 4.69) is 146 Å². The quantitative estimate of drug-likeness (QED) is 0.137. The maximum absolute atomic E-state index is 12.9. The Morgan fingerprint density at radius 1 is 0.507 bits per heavy atom. The van der Waals surface area contributed by atoms with Crippen LogP contribution in [-0.2, 0) is 21.7 Å². The number of phenolic OH excluding ortho intramolecular Hbond substituents is 2. The van der Waals surface area contributed by atoms with Crippen molar-refractivity contribution >= 4 is 13.3 Å². The number of rotatable bonds is 10. The lowest BCUT2D eigenvalue weighted by molar-refractivity contribution is -0.00631. The third-order valence-corrected chi connectivity index (χ3v) is 22.4. The molecule has 0 atom stereocenters. The van der Waals surface area contributed by atoms with Crippen LogP contribution in [0, 0.1) is 35.5 Å². The lowest BCUT2D eigenvalue weighted by atomic mass is 9.47. The van der Waals surface area contributed by atoms with Crippen LogP contribution in [0.2, 0.25) is 19.1 Å². The second-order valence-corrected chi connectivity index (χ2v) is 31.3. The highest BCUT2D eigenvalue weighted by Crippen LogP contribution is 2.64. The van der Waals surface area contributed by atoms with Gasteiger partial charge in [-0.1, -0.05) is 146 Å². The van der Waals surface area contributed by atoms with Crippen LogP contribution in [0.4, 0.5) is 0 Å². The summed E-state index contributed by atoms with van der Waals surface area (Å²) in [4.78, 5) is 5.75. The van der Waals surface area contributed by atoms with Gasteiger partial charge < -0.3 is 10.2 Å². The average molecular weight is 910 g/mol. The van der Waals surface area contributed by atoms with E-state index in [-0.39, 0.29) is 21.7 Å². The Bertz CT molecular complexity index is 2480. The molecule has 8 aliphatic carbocycles. The highest BCUT2D eigenvalue weighted by molar-refractivity contribution is 6.89. The zero-order valence-corrected chi connectivity index (χ0v) is 43.5. The smallest absolute Gasteiger partial charge is 0.127 e. The molecule has 352 valence electrons. The molecule has 8 saturated carbocycles. The number of aromatic hydroxyl groups is 2. The Kier molecular flexibility index (Phi) is 11.0. The molecule has 67 heavy (non-hydrogen) atoms. The van der Waals surface area contributed by atoms with Crippen LogP contribution in [0.5, 0.6) is 11.5 Å². The van der Waals surface area contributed by atoms with E-state index in [4.69, 9.17) is 4.98 Å². The van der Waals surface area contributed by atoms with Crippen molar-refractivity contribution in [1.82, 2.24) is 4.98 Å². The van der Waals surface area contributed by atoms with E-state index in [9.17, 15) is 10.2 Å². The van der Waals surface area contributed by atoms with Crippen LogP contribution in [-0.4, -0.2) is 23.3 Å². The third kappa shape index (κ3) is 7.96. The molecule has 5 aromatic rings. The van der Waals surface area contributed by atoms with Gasteiger partial charge in [-0.05, 0) is 181 Å². The highest BCUT2D eigenvalue weighted by Gasteiger charge is 2.54. The summed E-state index contributed by atoms with van der Waals surface area (Å²) in [5.74, 6) is 5.70. The van der Waals surface area contributed by atoms with Crippen molar-refractivity contribution in [3.8, 4) is 56.3 Å². The molecule has 0 aliphatic heterocycles. The number of hydrogen-bond donors (Lipinski definition) is 2. The molecule has 2 N–H and O–H groups in total. The molecule has 4 heteroatoms. The number of benzene rings is 4. The molecule has 0 saturated heterocycles. The van der Waals surface area contributed by atoms with Crippen LogP contribution in [0.3, 0.4) is 0 Å². The first-order valence-electron chi connectivity index (χ1n) is 26.8. The van der Waals surface area contributed by atoms with Crippen molar-refractivity contribution in [2.75, 3.05) is 0 Å². The molecule has 8 bridgehead atoms. The first kappa shape index (κ1) is 45.3. The predicted octanol–water partition coefficient (Wildman–Crippen LogP) is 16.4. The van der Waals surface area contributed by atoms with Gasteiger partial charge in [0.1, 0.15) is 11.5 Å². The Hall–Kier alpha value is -4.15. The first-order valence-corrected chi connectivity index (χ1v) is 30.0. The molecular formula is C63H79NO2Si. The molecular weight excluding hydrogens is 831 g/mol. The summed E-state index contributed by atoms with van der Waals surface area (Å²) in [7, 11) is -1.95. The molecule has 0 spiro atoms. The topological polar surface area (TPSA) is 53.4 Å². The van der Waals surface area contributed by atoms with Crippen LogP contribution < -0.4 is 5.19 Å². The predicted molar refractivity (Wildman–Crippen MR) is 283 cm³/mol. The van der Waals surface area contributed by atoms with Crippen molar-refractivity contribution in [2.45, 2.75) is 179 Å². The molecule has 0 unspecified atom stereocenters. The number of hydrogen-bond acceptors (Lipinski definition) is 3. The van der Waals surface area contributed by atoms with Gasteiger partial charge in [0.15, 0.2) is 0 Å². The van der Waals surface area contributed by atoms with Crippen molar-refractivity contribution in [3.63, 3.8) is 0 Å². The summed E-state index contributed by atoms with van der Waals surface area (Å²) >= 11 is 0. The third-order valence-electron chi connectivity index (χ3n) is 18.9. The molecule has 1 heterocycles. The molecule has 8 aliphatic rings. The van der Waals surface area contributed by atoms with E-state index < -0.39 is 8.07 Å². The molecule has 3 nitrogen and oxygen atoms in total. The van der Waals surface area contributed by atoms with Crippen molar-refractivity contribution in [2.24, 2.45) is 35.5 Å². The summed E-state index contributed by atoms with van der Waals surface area (Å²) in [6.45, 7) is 21.4. The molecule has 13 rings (SSSR count). The number of nitrogens with zero attached hydrogens (tertiary/aromatic N) is 1. The zero-order valence-electron chi connectivity index (χ0n) is 42.5. The molecule has 0 radical (unpaired) electrons. The van der Waals surface area contributed by atoms with Crippen molar-refractivity contribution in [3.05, 3.63) is 107 Å². The Morgan fingerprint density at radius 2 is 0.851 bits per heavy atom. The monoisotopic (exact) mass is 910 g/mol. The van der Waals surface area contributed by atoms with Crippen molar-refractivity contribution < 1.29 is 10.2 Å². The minimum atomic E-state index is -1.95. The summed E-state index contributed by atoms with van der Waals surface area (Å²) in [6.07, 6.45) is 17.9. The fourth-order valence-corrected chi connectivity index (χ4v) is 18.7. The highest BCUT2D eigenvalue weighted by atomic mass is 28.3. The Labute approximate surface area is 404 Å². The summed E-state index contributed by atoms with van der Waals surface area (Å²) in [6, 6.07) is 33.1. The van der Waals surface area contributed by atoms with E-state index in [1.807, 2.05) is 0 Å². The van der Waals surface area contributed by atoms with Crippen LogP contribution in [0.1, 0.15) is 161 Å². The summed E-state index contributed by atoms with van der Waals surface area (Å²) in [5, 5.41) is 27.2. The maximum Gasteiger partial charge on any atom is 0.127 e. The van der Waals surface area contributed by atoms with Gasteiger partial charge in [-0.25, -0.2) is 4.98 Å². The second kappa shape index (κ2) is 16.2. The average Bonchev–Trinajstić information content (AvgIpc) is 3.26. The van der Waals surface area contributed by atoms with E-state index in [0.717, 1.165) is 80.3 Å². The minimum absolute atomic E-state index is 0.0547. The summed E-state index contributed by atoms with van der Waals surface area (Å²) in [5.41, 5.74) is 13.1. The maximum atomic E-state index is 12.9. The fraction of sp³-hybridized carbons (Fsp3) is 0.540. The van der Waals surface area contributed by atoms with E-state index in [1.54, 1.807) is 0 Å². The van der Waals surface area contributed by atoms with Crippen LogP contribution in [0.15, 0.2) is 84.9 Å². The zero-order chi connectivity index (χ0) is 46.8. The molecule has 4 aromatic carbocycles. The van der Waals surface area contributed by atoms with Gasteiger partial charge in [0.25, 0.3) is 0 Å². The number of aromatic nitrogens is 1. The number of pyridine rings is 1. The minimum Gasteiger partial charge on any atom is -0.507 e. The molecule has 8 fully saturated rings. The summed E-state index contributed by atoms with van der Waals surface area (Å²) < 4.78 is 0. The first-order chi connectivity index (χ1) is 31.8. The number of unbranched alkanes of at least 4 members (excludes halogenated alkanes) is 1. The Balaban J connectivity index is 1.09. The van der Waals surface area contributed by atoms with Crippen LogP contribution in [0.25, 0.3) is 44.8 Å². The van der Waals surface area contributed by atoms with Crippen LogP contribution >= 0.6 is 0 Å². The lowest BCUT2D eigenvalue weighted by Gasteiger charge is -2.57. The largest absolute Gasteiger partial charge is 0.507 e. The van der Waals surface area contributed by atoms with Gasteiger partial charge in [0.05, 0.1) is 19.5 Å². The SMILES string of the molecule is CCCC[Si](C)(C)c1cc(-c2ccccc2-c2cc(C(C)(C)C)cc(C34CC5CC(CC(C5)C3)C4)c2O)nc(-c2ccccc2-c2cc(C(C)(C)C)cc(C34CC5CC(CC(C5)C3)C4)c2O)c1. The van der Waals surface area contributed by atoms with Gasteiger partial charge in [-0.3, -0.25) is 0 Å². The standard InChI is InChI=1S/C63H79NO2Si/c1-10-11-20-67(8,9)47-31-56(50-18-14-12-16-48(50)52-27-45(60(2,3)4)29-54(58(52)65)62-33-39-21-40(34-62)23-41(22-39)35-62)64-57(32-47)51-19-15-13-17-49(51)53-28-46(61(5,6)7)30-55(59(53)66)63-36-42-24-43(37-63)26-44(25-42)38-63/h12-19,27-32,39-44,65-66H,10-11,20-26,33-38H2,1-9H3. The van der Waals surface area contributed by atoms with Gasteiger partial charge in [0.2, 0.25) is 0 Å². The fourth-order valence-electron chi connectivity index (χ4n) is 16.1. The van der Waals surface area contributed by atoms with Gasteiger partial charge in [-0.15, -0.1) is 0 Å². The lowest BCUT2D eigenvalue weighted by Crippen LogP contribution is -2.48. The van der Waals surface area contributed by atoms with Crippen molar-refractivity contribution in [1.29, 1.82) is 0 Å². The normalized spacial score (nSPS) is 28.7. The van der Waals surface area contributed by atoms with Gasteiger partial charge >= 0.3 is 0 Å². The van der Waals surface area contributed by atoms with E-state index >= 15 is 0 Å². The molecule has 0 amide bonds. The Morgan fingerprint density at radius 3 is 1.18 bits per heavy atom. The van der Waals surface area contributed by atoms with Gasteiger partial charge in [0, 0.05) is 33.4 Å². The number of phenols is 2. The second-order valence-electron chi connectivity index (χ2n) is 26.4.